The van der Waals surface area contributed by atoms with Crippen LogP contribution in [0.15, 0.2) is 30.7 Å². The largest absolute Gasteiger partial charge is 0.364 e. The Morgan fingerprint density at radius 3 is 3.06 bits per heavy atom. The Kier molecular flexibility index (Phi) is 3.41. The van der Waals surface area contributed by atoms with E-state index < -0.39 is 0 Å². The minimum atomic E-state index is 0.494. The fourth-order valence-corrected chi connectivity index (χ4v) is 1.63. The van der Waals surface area contributed by atoms with Gasteiger partial charge in [0.15, 0.2) is 0 Å². The van der Waals surface area contributed by atoms with Crippen LogP contribution in [-0.4, -0.2) is 14.5 Å². The summed E-state index contributed by atoms with van der Waals surface area (Å²) in [7, 11) is 0. The maximum Gasteiger partial charge on any atom is 0.131 e. The molecule has 0 unspecified atom stereocenters. The van der Waals surface area contributed by atoms with Gasteiger partial charge in [0.25, 0.3) is 0 Å². The van der Waals surface area contributed by atoms with Gasteiger partial charge in [-0.1, -0.05) is 17.7 Å². The van der Waals surface area contributed by atoms with Gasteiger partial charge >= 0.3 is 0 Å². The first-order chi connectivity index (χ1) is 7.79. The van der Waals surface area contributed by atoms with Crippen molar-refractivity contribution in [1.82, 2.24) is 14.5 Å². The standard InChI is InChI=1S/C11H13ClN4/c1-2-16-8-13-6-9(16)7-14-11-5-3-4-10(12)15-11/h3-6,8H,2,7H2,1H3,(H,14,15). The minimum Gasteiger partial charge on any atom is -0.364 e. The lowest BCUT2D eigenvalue weighted by atomic mass is 10.4. The van der Waals surface area contributed by atoms with Crippen molar-refractivity contribution in [3.63, 3.8) is 0 Å². The fourth-order valence-electron chi connectivity index (χ4n) is 1.47. The van der Waals surface area contributed by atoms with Crippen molar-refractivity contribution in [3.8, 4) is 0 Å². The zero-order valence-electron chi connectivity index (χ0n) is 9.02. The zero-order valence-corrected chi connectivity index (χ0v) is 9.78. The molecule has 0 bridgehead atoms. The van der Waals surface area contributed by atoms with Crippen molar-refractivity contribution in [2.45, 2.75) is 20.0 Å². The quantitative estimate of drug-likeness (QED) is 0.830. The summed E-state index contributed by atoms with van der Waals surface area (Å²) in [4.78, 5) is 8.25. The van der Waals surface area contributed by atoms with Crippen LogP contribution in [0.5, 0.6) is 0 Å². The lowest BCUT2D eigenvalue weighted by Crippen LogP contribution is -2.06. The summed E-state index contributed by atoms with van der Waals surface area (Å²) < 4.78 is 2.08. The van der Waals surface area contributed by atoms with Gasteiger partial charge in [0, 0.05) is 12.7 Å². The molecule has 0 spiro atoms. The molecule has 1 N–H and O–H groups in total. The molecule has 2 rings (SSSR count). The second-order valence-corrected chi connectivity index (χ2v) is 3.76. The number of hydrogen-bond acceptors (Lipinski definition) is 3. The normalized spacial score (nSPS) is 10.4. The summed E-state index contributed by atoms with van der Waals surface area (Å²) in [5.41, 5.74) is 1.13. The topological polar surface area (TPSA) is 42.7 Å². The van der Waals surface area contributed by atoms with Gasteiger partial charge < -0.3 is 9.88 Å². The van der Waals surface area contributed by atoms with Crippen molar-refractivity contribution in [1.29, 1.82) is 0 Å². The predicted octanol–water partition coefficient (Wildman–Crippen LogP) is 2.56. The van der Waals surface area contributed by atoms with Crippen LogP contribution >= 0.6 is 11.6 Å². The first-order valence-corrected chi connectivity index (χ1v) is 5.53. The molecule has 16 heavy (non-hydrogen) atoms. The second-order valence-electron chi connectivity index (χ2n) is 3.37. The maximum absolute atomic E-state index is 5.80. The van der Waals surface area contributed by atoms with Crippen LogP contribution in [0.2, 0.25) is 5.15 Å². The van der Waals surface area contributed by atoms with Crippen molar-refractivity contribution < 1.29 is 0 Å². The van der Waals surface area contributed by atoms with Gasteiger partial charge in [0.05, 0.1) is 18.6 Å². The van der Waals surface area contributed by atoms with E-state index in [0.29, 0.717) is 11.7 Å². The van der Waals surface area contributed by atoms with Crippen LogP contribution in [-0.2, 0) is 13.1 Å². The molecule has 0 aliphatic heterocycles. The summed E-state index contributed by atoms with van der Waals surface area (Å²) in [6, 6.07) is 5.51. The number of halogens is 1. The Hall–Kier alpha value is -1.55. The monoisotopic (exact) mass is 236 g/mol. The highest BCUT2D eigenvalue weighted by atomic mass is 35.5. The van der Waals surface area contributed by atoms with E-state index in [9.17, 15) is 0 Å². The molecule has 84 valence electrons. The average molecular weight is 237 g/mol. The van der Waals surface area contributed by atoms with Crippen LogP contribution in [0.25, 0.3) is 0 Å². The lowest BCUT2D eigenvalue weighted by molar-refractivity contribution is 0.719. The van der Waals surface area contributed by atoms with E-state index in [2.05, 4.69) is 26.8 Å². The Morgan fingerprint density at radius 1 is 1.44 bits per heavy atom. The first kappa shape index (κ1) is 11.0. The number of nitrogens with one attached hydrogen (secondary N) is 1. The smallest absolute Gasteiger partial charge is 0.131 e. The average Bonchev–Trinajstić information content (AvgIpc) is 2.74. The highest BCUT2D eigenvalue weighted by Crippen LogP contribution is 2.10. The third-order valence-electron chi connectivity index (χ3n) is 2.30. The number of pyridine rings is 1. The molecule has 2 heterocycles. The molecule has 0 aliphatic rings. The van der Waals surface area contributed by atoms with Gasteiger partial charge in [-0.25, -0.2) is 9.97 Å². The van der Waals surface area contributed by atoms with Gasteiger partial charge in [-0.15, -0.1) is 0 Å². The molecule has 0 atom stereocenters. The van der Waals surface area contributed by atoms with E-state index in [1.165, 1.54) is 0 Å². The number of nitrogens with zero attached hydrogens (tertiary/aromatic N) is 3. The minimum absolute atomic E-state index is 0.494. The second kappa shape index (κ2) is 4.99. The molecule has 0 fully saturated rings. The van der Waals surface area contributed by atoms with Crippen molar-refractivity contribution >= 4 is 17.4 Å². The number of hydrogen-bond donors (Lipinski definition) is 1. The summed E-state index contributed by atoms with van der Waals surface area (Å²) >= 11 is 5.80. The van der Waals surface area contributed by atoms with E-state index in [4.69, 9.17) is 11.6 Å². The van der Waals surface area contributed by atoms with E-state index in [1.807, 2.05) is 24.7 Å². The van der Waals surface area contributed by atoms with Gasteiger partial charge in [-0.2, -0.15) is 0 Å². The number of imidazole rings is 1. The number of aryl methyl sites for hydroxylation is 1. The summed E-state index contributed by atoms with van der Waals surface area (Å²) in [6.45, 7) is 3.70. The molecule has 0 amide bonds. The molecule has 0 aliphatic carbocycles. The predicted molar refractivity (Wildman–Crippen MR) is 64.5 cm³/mol. The van der Waals surface area contributed by atoms with Crippen LogP contribution in [0.1, 0.15) is 12.6 Å². The Morgan fingerprint density at radius 2 is 2.31 bits per heavy atom. The Bertz CT molecular complexity index is 467. The van der Waals surface area contributed by atoms with Gasteiger partial charge in [0.1, 0.15) is 11.0 Å². The molecule has 0 radical (unpaired) electrons. The Labute approximate surface area is 99.3 Å². The van der Waals surface area contributed by atoms with E-state index >= 15 is 0 Å². The van der Waals surface area contributed by atoms with Gasteiger partial charge in [-0.05, 0) is 19.1 Å². The van der Waals surface area contributed by atoms with E-state index in [-0.39, 0.29) is 0 Å². The lowest BCUT2D eigenvalue weighted by Gasteiger charge is -2.07. The van der Waals surface area contributed by atoms with Crippen LogP contribution in [0.4, 0.5) is 5.82 Å². The summed E-state index contributed by atoms with van der Waals surface area (Å²) in [6.07, 6.45) is 3.67. The molecule has 2 aromatic heterocycles. The van der Waals surface area contributed by atoms with Crippen LogP contribution in [0, 0.1) is 0 Å². The summed E-state index contributed by atoms with van der Waals surface area (Å²) in [5, 5.41) is 3.70. The maximum atomic E-state index is 5.80. The van der Waals surface area contributed by atoms with Gasteiger partial charge in [-0.3, -0.25) is 0 Å². The highest BCUT2D eigenvalue weighted by Gasteiger charge is 2.00. The summed E-state index contributed by atoms with van der Waals surface area (Å²) in [5.74, 6) is 0.774. The first-order valence-electron chi connectivity index (χ1n) is 5.15. The molecule has 0 saturated carbocycles. The zero-order chi connectivity index (χ0) is 11.4. The molecule has 4 nitrogen and oxygen atoms in total. The molecule has 0 saturated heterocycles. The number of anilines is 1. The van der Waals surface area contributed by atoms with Gasteiger partial charge in [0.2, 0.25) is 0 Å². The van der Waals surface area contributed by atoms with E-state index in [1.54, 1.807) is 6.07 Å². The molecular weight excluding hydrogens is 224 g/mol. The molecular formula is C11H13ClN4. The van der Waals surface area contributed by atoms with Crippen molar-refractivity contribution in [3.05, 3.63) is 41.6 Å². The van der Waals surface area contributed by atoms with Crippen LogP contribution in [0.3, 0.4) is 0 Å². The highest BCUT2D eigenvalue weighted by molar-refractivity contribution is 6.29. The SMILES string of the molecule is CCn1cncc1CNc1cccc(Cl)n1. The number of rotatable bonds is 4. The molecule has 0 aromatic carbocycles. The molecule has 2 aromatic rings. The molecule has 5 heteroatoms. The van der Waals surface area contributed by atoms with Crippen LogP contribution < -0.4 is 5.32 Å². The van der Waals surface area contributed by atoms with E-state index in [0.717, 1.165) is 18.1 Å². The van der Waals surface area contributed by atoms with Crippen molar-refractivity contribution in [2.24, 2.45) is 0 Å². The third-order valence-corrected chi connectivity index (χ3v) is 2.52. The fraction of sp³-hybridized carbons (Fsp3) is 0.273. The van der Waals surface area contributed by atoms with Crippen molar-refractivity contribution in [2.75, 3.05) is 5.32 Å². The third kappa shape index (κ3) is 2.52. The Balaban J connectivity index is 2.02. The number of aromatic nitrogens is 3.